The van der Waals surface area contributed by atoms with Crippen molar-refractivity contribution in [1.82, 2.24) is 0 Å². The molecule has 3 atom stereocenters. The van der Waals surface area contributed by atoms with Crippen molar-refractivity contribution in [3.63, 3.8) is 0 Å². The van der Waals surface area contributed by atoms with E-state index in [0.29, 0.717) is 88.2 Å². The number of hydrogen-bond donors (Lipinski definition) is 3. The number of benzene rings is 3. The van der Waals surface area contributed by atoms with E-state index in [2.05, 4.69) is 77.1 Å². The van der Waals surface area contributed by atoms with E-state index in [9.17, 15) is 15.3 Å². The summed E-state index contributed by atoms with van der Waals surface area (Å²) in [5.41, 5.74) is 3.30. The Morgan fingerprint density at radius 2 is 0.480 bits per heavy atom. The number of fused-ring (bicyclic) bond motifs is 3. The maximum atomic E-state index is 11.4. The standard InChI is InChI=1S/C69H102O6/c1-7-10-13-16-19-22-25-28-31-34-37-55(4)52-73-67-49-61-43-40-59-47-65(71)69(75-54-57(6)39-36-33-30-27-24-21-18-15-12-9-3)51-63(59)45-42-60-48-66(72)68(50-62(60)44-41-58(61)46-64(67)70)74-53-56(5)38-35-32-29-26-23-20-17-14-11-8-2/h46-51,55-57,70-72H,7-39,52-54H2,1-6H3/t55-,56-,57-/m0/s1. The maximum Gasteiger partial charge on any atom is 0.162 e. The molecule has 3 aromatic carbocycles. The lowest BCUT2D eigenvalue weighted by Crippen LogP contribution is -2.09. The Morgan fingerprint density at radius 1 is 0.293 bits per heavy atom. The van der Waals surface area contributed by atoms with E-state index in [4.69, 9.17) is 14.2 Å². The summed E-state index contributed by atoms with van der Waals surface area (Å²) in [6, 6.07) is 10.2. The van der Waals surface area contributed by atoms with Crippen molar-refractivity contribution >= 4 is 0 Å². The lowest BCUT2D eigenvalue weighted by atomic mass is 10.00. The first kappa shape index (κ1) is 62.7. The van der Waals surface area contributed by atoms with Gasteiger partial charge in [-0.1, -0.05) is 270 Å². The minimum absolute atomic E-state index is 0.00329. The average molecular weight is 1030 g/mol. The smallest absolute Gasteiger partial charge is 0.162 e. The third-order valence-electron chi connectivity index (χ3n) is 15.0. The summed E-state index contributed by atoms with van der Waals surface area (Å²) in [6.07, 6.45) is 42.5. The molecule has 0 fully saturated rings. The predicted octanol–water partition coefficient (Wildman–Crippen LogP) is 19.3. The third kappa shape index (κ3) is 26.2. The summed E-state index contributed by atoms with van der Waals surface area (Å²) in [4.78, 5) is 0. The lowest BCUT2D eigenvalue weighted by molar-refractivity contribution is 0.239. The molecule has 0 amide bonds. The van der Waals surface area contributed by atoms with Crippen LogP contribution in [0.5, 0.6) is 34.5 Å². The third-order valence-corrected chi connectivity index (χ3v) is 15.0. The van der Waals surface area contributed by atoms with Crippen LogP contribution in [0.1, 0.15) is 287 Å². The molecule has 0 heterocycles. The molecule has 3 N–H and O–H groups in total. The first-order valence-electron chi connectivity index (χ1n) is 30.7. The lowest BCUT2D eigenvalue weighted by Gasteiger charge is -2.15. The summed E-state index contributed by atoms with van der Waals surface area (Å²) in [5, 5.41) is 34.1. The van der Waals surface area contributed by atoms with E-state index < -0.39 is 0 Å². The molecule has 414 valence electrons. The highest BCUT2D eigenvalue weighted by molar-refractivity contribution is 5.67. The number of rotatable bonds is 42. The van der Waals surface area contributed by atoms with Crippen LogP contribution >= 0.6 is 0 Å². The first-order valence-corrected chi connectivity index (χ1v) is 30.7. The molecule has 75 heavy (non-hydrogen) atoms. The quantitative estimate of drug-likeness (QED) is 0.0303. The molecule has 0 bridgehead atoms. The van der Waals surface area contributed by atoms with Gasteiger partial charge < -0.3 is 29.5 Å². The SMILES string of the molecule is CCCCCCCCCCCC[C@H](C)COc1cc2c(cc1O)C#Cc1cc(OC[C@@H](C)CCCCCCCCCCCC)c(O)cc1C#Cc1cc(OC[C@@H](C)CCCCCCCCCCCC)c(O)cc1C#C2. The predicted molar refractivity (Wildman–Crippen MR) is 316 cm³/mol. The van der Waals surface area contributed by atoms with Crippen LogP contribution in [-0.4, -0.2) is 35.1 Å². The number of phenolic OH excluding ortho intramolecular Hbond substituents is 3. The summed E-state index contributed by atoms with van der Waals surface area (Å²) in [6.45, 7) is 14.9. The first-order chi connectivity index (χ1) is 36.6. The van der Waals surface area contributed by atoms with Crippen LogP contribution in [-0.2, 0) is 0 Å². The monoisotopic (exact) mass is 1030 g/mol. The summed E-state index contributed by atoms with van der Waals surface area (Å²) >= 11 is 0. The largest absolute Gasteiger partial charge is 0.504 e. The van der Waals surface area contributed by atoms with Gasteiger partial charge in [0.25, 0.3) is 0 Å². The molecule has 4 rings (SSSR count). The number of ether oxygens (including phenoxy) is 3. The van der Waals surface area contributed by atoms with Crippen LogP contribution < -0.4 is 14.2 Å². The van der Waals surface area contributed by atoms with Gasteiger partial charge in [0, 0.05) is 69.8 Å². The van der Waals surface area contributed by atoms with Gasteiger partial charge in [-0.05, 0) is 37.0 Å². The van der Waals surface area contributed by atoms with Crippen LogP contribution in [0, 0.1) is 53.3 Å². The fourth-order valence-electron chi connectivity index (χ4n) is 9.96. The van der Waals surface area contributed by atoms with Crippen molar-refractivity contribution < 1.29 is 29.5 Å². The van der Waals surface area contributed by atoms with Crippen molar-refractivity contribution in [2.24, 2.45) is 17.8 Å². The number of unbranched alkanes of at least 4 members (excludes halogenated alkanes) is 27. The Bertz CT molecular complexity index is 1990. The van der Waals surface area contributed by atoms with Gasteiger partial charge >= 0.3 is 0 Å². The van der Waals surface area contributed by atoms with Crippen LogP contribution in [0.3, 0.4) is 0 Å². The minimum atomic E-state index is -0.00329. The van der Waals surface area contributed by atoms with Gasteiger partial charge in [0.2, 0.25) is 0 Å². The average Bonchev–Trinajstić information content (AvgIpc) is 3.40. The number of phenols is 3. The van der Waals surface area contributed by atoms with Crippen molar-refractivity contribution in [1.29, 1.82) is 0 Å². The molecule has 0 saturated heterocycles. The van der Waals surface area contributed by atoms with E-state index in [1.807, 2.05) is 0 Å². The normalized spacial score (nSPS) is 12.7. The van der Waals surface area contributed by atoms with E-state index >= 15 is 0 Å². The second-order valence-corrected chi connectivity index (χ2v) is 22.5. The second-order valence-electron chi connectivity index (χ2n) is 22.5. The summed E-state index contributed by atoms with van der Waals surface area (Å²) in [5.74, 6) is 21.8. The van der Waals surface area contributed by atoms with Crippen molar-refractivity contribution in [2.45, 2.75) is 253 Å². The fourth-order valence-corrected chi connectivity index (χ4v) is 9.96. The molecule has 0 aliphatic heterocycles. The topological polar surface area (TPSA) is 88.4 Å². The van der Waals surface area contributed by atoms with Gasteiger partial charge in [0.1, 0.15) is 0 Å². The van der Waals surface area contributed by atoms with E-state index in [1.165, 1.54) is 193 Å². The molecule has 1 aliphatic carbocycles. The van der Waals surface area contributed by atoms with Gasteiger partial charge in [-0.15, -0.1) is 0 Å². The van der Waals surface area contributed by atoms with Crippen LogP contribution in [0.25, 0.3) is 0 Å². The zero-order valence-corrected chi connectivity index (χ0v) is 48.2. The maximum absolute atomic E-state index is 11.4. The molecular formula is C69H102O6. The van der Waals surface area contributed by atoms with Gasteiger partial charge in [0.15, 0.2) is 34.5 Å². The van der Waals surface area contributed by atoms with Gasteiger partial charge in [-0.3, -0.25) is 0 Å². The van der Waals surface area contributed by atoms with Crippen LogP contribution in [0.2, 0.25) is 0 Å². The van der Waals surface area contributed by atoms with Crippen LogP contribution in [0.4, 0.5) is 0 Å². The van der Waals surface area contributed by atoms with Gasteiger partial charge in [-0.25, -0.2) is 0 Å². The highest BCUT2D eigenvalue weighted by atomic mass is 16.5. The molecule has 6 heteroatoms. The second kappa shape index (κ2) is 38.6. The van der Waals surface area contributed by atoms with E-state index in [0.717, 1.165) is 19.3 Å². The molecule has 3 aromatic rings. The Labute approximate surface area is 458 Å². The molecule has 0 unspecified atom stereocenters. The van der Waals surface area contributed by atoms with Crippen LogP contribution in [0.15, 0.2) is 36.4 Å². The number of aromatic hydroxyl groups is 3. The molecular weight excluding hydrogens is 925 g/mol. The van der Waals surface area contributed by atoms with E-state index in [1.54, 1.807) is 36.4 Å². The van der Waals surface area contributed by atoms with Gasteiger partial charge in [0.05, 0.1) is 19.8 Å². The molecule has 0 saturated carbocycles. The number of hydrogen-bond acceptors (Lipinski definition) is 6. The fraction of sp³-hybridized carbons (Fsp3) is 0.652. The highest BCUT2D eigenvalue weighted by Crippen LogP contribution is 2.34. The molecule has 0 spiro atoms. The van der Waals surface area contributed by atoms with Crippen molar-refractivity contribution in [2.75, 3.05) is 19.8 Å². The molecule has 0 radical (unpaired) electrons. The molecule has 1 aliphatic rings. The summed E-state index contributed by atoms with van der Waals surface area (Å²) < 4.78 is 18.9. The molecule has 0 aromatic heterocycles. The molecule has 6 nitrogen and oxygen atoms in total. The Kier molecular flexibility index (Phi) is 32.3. The Balaban J connectivity index is 1.49. The van der Waals surface area contributed by atoms with Crippen molar-refractivity contribution in [3.05, 3.63) is 69.8 Å². The zero-order chi connectivity index (χ0) is 53.7. The summed E-state index contributed by atoms with van der Waals surface area (Å²) in [7, 11) is 0. The van der Waals surface area contributed by atoms with E-state index in [-0.39, 0.29) is 17.2 Å². The Hall–Kier alpha value is -4.86. The highest BCUT2D eigenvalue weighted by Gasteiger charge is 2.16. The minimum Gasteiger partial charge on any atom is -0.504 e. The zero-order valence-electron chi connectivity index (χ0n) is 48.2. The van der Waals surface area contributed by atoms with Crippen molar-refractivity contribution in [3.8, 4) is 70.0 Å². The van der Waals surface area contributed by atoms with Gasteiger partial charge in [-0.2, -0.15) is 0 Å². The Morgan fingerprint density at radius 3 is 0.693 bits per heavy atom.